The Balaban J connectivity index is 2.27. The number of carbonyl (C=O) groups is 1. The molecule has 0 heterocycles. The Morgan fingerprint density at radius 1 is 1.07 bits per heavy atom. The summed E-state index contributed by atoms with van der Waals surface area (Å²) in [5.74, 6) is 0. The summed E-state index contributed by atoms with van der Waals surface area (Å²) in [5.41, 5.74) is 5.58. The Hall–Kier alpha value is -2.54. The lowest BCUT2D eigenvalue weighted by Gasteiger charge is -2.33. The highest BCUT2D eigenvalue weighted by Crippen LogP contribution is 2.33. The molecule has 0 aliphatic carbocycles. The van der Waals surface area contributed by atoms with Crippen LogP contribution in [0.25, 0.3) is 0 Å². The van der Waals surface area contributed by atoms with E-state index in [0.29, 0.717) is 6.54 Å². The molecule has 0 saturated carbocycles. The van der Waals surface area contributed by atoms with Crippen LogP contribution in [0, 0.1) is 5.41 Å². The SMILES string of the molecule is CC(NC(=O)N(Cc1ccccc1C(F)(F)F)CC(C)(C)CN)c1ccccc1. The van der Waals surface area contributed by atoms with Crippen LogP contribution in [0.2, 0.25) is 0 Å². The fourth-order valence-corrected chi connectivity index (χ4v) is 3.02. The van der Waals surface area contributed by atoms with E-state index < -0.39 is 23.2 Å². The standard InChI is InChI=1S/C22H28F3N3O/c1-16(17-9-5-4-6-10-17)27-20(29)28(15-21(2,3)14-26)13-18-11-7-8-12-19(18)22(23,24)25/h4-12,16H,13-15,26H2,1-3H3,(H,27,29). The van der Waals surface area contributed by atoms with Crippen molar-refractivity contribution in [3.8, 4) is 0 Å². The molecule has 158 valence electrons. The third-order valence-electron chi connectivity index (χ3n) is 4.78. The summed E-state index contributed by atoms with van der Waals surface area (Å²) in [7, 11) is 0. The Kier molecular flexibility index (Phi) is 7.30. The smallest absolute Gasteiger partial charge is 0.331 e. The van der Waals surface area contributed by atoms with Crippen molar-refractivity contribution >= 4 is 6.03 Å². The van der Waals surface area contributed by atoms with Crippen molar-refractivity contribution in [1.82, 2.24) is 10.2 Å². The Labute approximate surface area is 169 Å². The molecule has 0 aromatic heterocycles. The van der Waals surface area contributed by atoms with Gasteiger partial charge in [-0.25, -0.2) is 4.79 Å². The summed E-state index contributed by atoms with van der Waals surface area (Å²) in [6.07, 6.45) is -4.49. The number of nitrogens with zero attached hydrogens (tertiary/aromatic N) is 1. The second-order valence-electron chi connectivity index (χ2n) is 7.96. The average molecular weight is 407 g/mol. The lowest BCUT2D eigenvalue weighted by molar-refractivity contribution is -0.138. The quantitative estimate of drug-likeness (QED) is 0.681. The van der Waals surface area contributed by atoms with Gasteiger partial charge in [0.2, 0.25) is 0 Å². The van der Waals surface area contributed by atoms with Crippen LogP contribution in [0.3, 0.4) is 0 Å². The Bertz CT molecular complexity index is 806. The number of carbonyl (C=O) groups excluding carboxylic acids is 1. The first-order valence-corrected chi connectivity index (χ1v) is 9.49. The molecule has 1 atom stereocenters. The van der Waals surface area contributed by atoms with Crippen molar-refractivity contribution in [3.63, 3.8) is 0 Å². The number of rotatable bonds is 7. The van der Waals surface area contributed by atoms with E-state index in [1.54, 1.807) is 6.07 Å². The molecule has 0 spiro atoms. The van der Waals surface area contributed by atoms with Gasteiger partial charge in [0.05, 0.1) is 11.6 Å². The first-order valence-electron chi connectivity index (χ1n) is 9.49. The number of hydrogen-bond donors (Lipinski definition) is 2. The normalized spacial score (nSPS) is 13.1. The maximum absolute atomic E-state index is 13.4. The monoisotopic (exact) mass is 407 g/mol. The number of halogens is 3. The van der Waals surface area contributed by atoms with Crippen LogP contribution in [0.15, 0.2) is 54.6 Å². The highest BCUT2D eigenvalue weighted by molar-refractivity contribution is 5.75. The minimum Gasteiger partial charge on any atom is -0.331 e. The summed E-state index contributed by atoms with van der Waals surface area (Å²) in [5, 5.41) is 2.89. The van der Waals surface area contributed by atoms with E-state index in [4.69, 9.17) is 5.73 Å². The van der Waals surface area contributed by atoms with E-state index in [2.05, 4.69) is 5.32 Å². The first-order chi connectivity index (χ1) is 13.5. The number of nitrogens with two attached hydrogens (primary N) is 1. The molecule has 4 nitrogen and oxygen atoms in total. The van der Waals surface area contributed by atoms with E-state index in [1.165, 1.54) is 17.0 Å². The van der Waals surface area contributed by atoms with Crippen LogP contribution in [0.5, 0.6) is 0 Å². The molecule has 7 heteroatoms. The largest absolute Gasteiger partial charge is 0.416 e. The van der Waals surface area contributed by atoms with E-state index in [-0.39, 0.29) is 24.7 Å². The van der Waals surface area contributed by atoms with Crippen molar-refractivity contribution in [2.24, 2.45) is 11.1 Å². The van der Waals surface area contributed by atoms with Crippen molar-refractivity contribution < 1.29 is 18.0 Å². The van der Waals surface area contributed by atoms with Gasteiger partial charge in [-0.1, -0.05) is 62.4 Å². The van der Waals surface area contributed by atoms with E-state index in [1.807, 2.05) is 51.1 Å². The van der Waals surface area contributed by atoms with Crippen LogP contribution in [0.4, 0.5) is 18.0 Å². The zero-order valence-electron chi connectivity index (χ0n) is 17.0. The predicted octanol–water partition coefficient (Wildman–Crippen LogP) is 4.96. The molecule has 3 N–H and O–H groups in total. The fourth-order valence-electron chi connectivity index (χ4n) is 3.02. The van der Waals surface area contributed by atoms with Gasteiger partial charge < -0.3 is 16.0 Å². The summed E-state index contributed by atoms with van der Waals surface area (Å²) >= 11 is 0. The predicted molar refractivity (Wildman–Crippen MR) is 108 cm³/mol. The number of hydrogen-bond acceptors (Lipinski definition) is 2. The van der Waals surface area contributed by atoms with Gasteiger partial charge in [0.15, 0.2) is 0 Å². The third kappa shape index (κ3) is 6.49. The summed E-state index contributed by atoms with van der Waals surface area (Å²) in [4.78, 5) is 14.4. The number of alkyl halides is 3. The molecular weight excluding hydrogens is 379 g/mol. The highest BCUT2D eigenvalue weighted by atomic mass is 19.4. The van der Waals surface area contributed by atoms with Crippen LogP contribution < -0.4 is 11.1 Å². The van der Waals surface area contributed by atoms with Gasteiger partial charge in [-0.05, 0) is 36.1 Å². The van der Waals surface area contributed by atoms with E-state index in [9.17, 15) is 18.0 Å². The number of urea groups is 1. The van der Waals surface area contributed by atoms with Gasteiger partial charge in [0.1, 0.15) is 0 Å². The number of amides is 2. The molecule has 1 unspecified atom stereocenters. The first kappa shape index (κ1) is 22.7. The molecule has 2 rings (SSSR count). The van der Waals surface area contributed by atoms with Crippen LogP contribution in [-0.2, 0) is 12.7 Å². The average Bonchev–Trinajstić information content (AvgIpc) is 2.67. The lowest BCUT2D eigenvalue weighted by atomic mass is 9.92. The molecule has 2 amide bonds. The highest BCUT2D eigenvalue weighted by Gasteiger charge is 2.34. The molecule has 0 radical (unpaired) electrons. The van der Waals surface area contributed by atoms with Crippen molar-refractivity contribution in [2.75, 3.05) is 13.1 Å². The molecule has 2 aromatic carbocycles. The second-order valence-corrected chi connectivity index (χ2v) is 7.96. The van der Waals surface area contributed by atoms with Crippen LogP contribution in [-0.4, -0.2) is 24.0 Å². The van der Waals surface area contributed by atoms with Gasteiger partial charge in [-0.2, -0.15) is 13.2 Å². The zero-order valence-corrected chi connectivity index (χ0v) is 17.0. The minimum atomic E-state index is -4.49. The van der Waals surface area contributed by atoms with E-state index in [0.717, 1.165) is 11.6 Å². The molecule has 0 aliphatic rings. The maximum atomic E-state index is 13.4. The second kappa shape index (κ2) is 9.31. The lowest BCUT2D eigenvalue weighted by Crippen LogP contribution is -2.46. The van der Waals surface area contributed by atoms with Gasteiger partial charge in [-0.15, -0.1) is 0 Å². The van der Waals surface area contributed by atoms with Crippen molar-refractivity contribution in [1.29, 1.82) is 0 Å². The Morgan fingerprint density at radius 3 is 2.24 bits per heavy atom. The molecule has 0 aliphatic heterocycles. The molecule has 0 bridgehead atoms. The topological polar surface area (TPSA) is 58.4 Å². The van der Waals surface area contributed by atoms with Gasteiger partial charge in [0, 0.05) is 13.1 Å². The molecule has 2 aromatic rings. The van der Waals surface area contributed by atoms with Crippen molar-refractivity contribution in [2.45, 2.75) is 39.5 Å². The number of benzene rings is 2. The Morgan fingerprint density at radius 2 is 1.66 bits per heavy atom. The summed E-state index contributed by atoms with van der Waals surface area (Å²) < 4.78 is 40.2. The number of nitrogens with one attached hydrogen (secondary N) is 1. The molecule has 29 heavy (non-hydrogen) atoms. The third-order valence-corrected chi connectivity index (χ3v) is 4.78. The van der Waals surface area contributed by atoms with Gasteiger partial charge in [-0.3, -0.25) is 0 Å². The molecule has 0 saturated heterocycles. The molecule has 0 fully saturated rings. The zero-order chi connectivity index (χ0) is 21.7. The van der Waals surface area contributed by atoms with E-state index >= 15 is 0 Å². The van der Waals surface area contributed by atoms with Crippen LogP contribution >= 0.6 is 0 Å². The van der Waals surface area contributed by atoms with Crippen molar-refractivity contribution in [3.05, 3.63) is 71.3 Å². The van der Waals surface area contributed by atoms with Gasteiger partial charge >= 0.3 is 12.2 Å². The minimum absolute atomic E-state index is 0.0512. The van der Waals surface area contributed by atoms with Crippen LogP contribution in [0.1, 0.15) is 43.5 Å². The fraction of sp³-hybridized carbons (Fsp3) is 0.409. The maximum Gasteiger partial charge on any atom is 0.416 e. The summed E-state index contributed by atoms with van der Waals surface area (Å²) in [6.45, 7) is 5.96. The van der Waals surface area contributed by atoms with Gasteiger partial charge in [0.25, 0.3) is 0 Å². The molecular formula is C22H28F3N3O. The summed E-state index contributed by atoms with van der Waals surface area (Å²) in [6, 6.07) is 14.0.